The Morgan fingerprint density at radius 2 is 2.15 bits per heavy atom. The number of ether oxygens (including phenoxy) is 1. The van der Waals surface area contributed by atoms with Crippen LogP contribution in [0.2, 0.25) is 0 Å². The molecule has 5 heteroatoms. The molecule has 2 atom stereocenters. The van der Waals surface area contributed by atoms with Crippen molar-refractivity contribution >= 4 is 21.8 Å². The van der Waals surface area contributed by atoms with Gasteiger partial charge < -0.3 is 14.7 Å². The molecule has 2 fully saturated rings. The quantitative estimate of drug-likeness (QED) is 0.855. The van der Waals surface area contributed by atoms with Crippen LogP contribution in [0.1, 0.15) is 36.0 Å². The molecule has 0 aromatic heterocycles. The van der Waals surface area contributed by atoms with Gasteiger partial charge in [0.2, 0.25) is 0 Å². The number of hydrogen-bond donors (Lipinski definition) is 1. The molecule has 1 aromatic rings. The maximum Gasteiger partial charge on any atom is 0.254 e. The van der Waals surface area contributed by atoms with Crippen LogP contribution in [0.3, 0.4) is 0 Å². The molecule has 0 spiro atoms. The summed E-state index contributed by atoms with van der Waals surface area (Å²) in [6, 6.07) is 5.18. The lowest BCUT2D eigenvalue weighted by molar-refractivity contribution is -0.0752. The molecule has 20 heavy (non-hydrogen) atoms. The van der Waals surface area contributed by atoms with Gasteiger partial charge in [-0.1, -0.05) is 12.8 Å². The van der Waals surface area contributed by atoms with Crippen LogP contribution in [0.15, 0.2) is 22.7 Å². The lowest BCUT2D eigenvalue weighted by Crippen LogP contribution is -2.54. The van der Waals surface area contributed by atoms with E-state index in [2.05, 4.69) is 15.9 Å². The van der Waals surface area contributed by atoms with Crippen LogP contribution < -0.4 is 0 Å². The second-order valence-corrected chi connectivity index (χ2v) is 6.28. The Bertz CT molecular complexity index is 518. The third-order valence-electron chi connectivity index (χ3n) is 4.19. The fourth-order valence-electron chi connectivity index (χ4n) is 3.16. The lowest BCUT2D eigenvalue weighted by atomic mass is 9.89. The second-order valence-electron chi connectivity index (χ2n) is 5.43. The second kappa shape index (κ2) is 5.74. The van der Waals surface area contributed by atoms with Crippen LogP contribution in [0, 0.1) is 0 Å². The Hall–Kier alpha value is -1.07. The summed E-state index contributed by atoms with van der Waals surface area (Å²) in [4.78, 5) is 14.6. The highest BCUT2D eigenvalue weighted by Crippen LogP contribution is 2.31. The number of amides is 1. The van der Waals surface area contributed by atoms with Gasteiger partial charge in [-0.15, -0.1) is 0 Å². The van der Waals surface area contributed by atoms with Crippen molar-refractivity contribution in [1.82, 2.24) is 4.90 Å². The number of hydrogen-bond acceptors (Lipinski definition) is 3. The van der Waals surface area contributed by atoms with Crippen molar-refractivity contribution < 1.29 is 14.6 Å². The van der Waals surface area contributed by atoms with Crippen LogP contribution in [0.25, 0.3) is 0 Å². The molecule has 1 aromatic carbocycles. The normalized spacial score (nSPS) is 26.1. The van der Waals surface area contributed by atoms with Gasteiger partial charge in [0.05, 0.1) is 23.2 Å². The largest absolute Gasteiger partial charge is 0.507 e. The molecule has 108 valence electrons. The molecule has 3 rings (SSSR count). The third-order valence-corrected chi connectivity index (χ3v) is 4.86. The van der Waals surface area contributed by atoms with Gasteiger partial charge in [0, 0.05) is 12.1 Å². The van der Waals surface area contributed by atoms with Gasteiger partial charge in [-0.2, -0.15) is 0 Å². The number of fused-ring (bicyclic) bond motifs is 1. The highest BCUT2D eigenvalue weighted by atomic mass is 79.9. The summed E-state index contributed by atoms with van der Waals surface area (Å²) >= 11 is 3.24. The number of carbonyl (C=O) groups excluding carboxylic acids is 1. The molecule has 0 bridgehead atoms. The Balaban J connectivity index is 1.83. The molecule has 1 amide bonds. The summed E-state index contributed by atoms with van der Waals surface area (Å²) in [7, 11) is 0. The van der Waals surface area contributed by atoms with Crippen molar-refractivity contribution in [2.24, 2.45) is 0 Å². The summed E-state index contributed by atoms with van der Waals surface area (Å²) in [6.07, 6.45) is 4.58. The average molecular weight is 340 g/mol. The molecule has 1 heterocycles. The zero-order valence-corrected chi connectivity index (χ0v) is 12.8. The number of aromatic hydroxyl groups is 1. The molecule has 1 saturated carbocycles. The van der Waals surface area contributed by atoms with E-state index in [1.165, 1.54) is 12.5 Å². The fourth-order valence-corrected chi connectivity index (χ4v) is 3.41. The average Bonchev–Trinajstić information content (AvgIpc) is 2.49. The van der Waals surface area contributed by atoms with E-state index in [-0.39, 0.29) is 23.8 Å². The van der Waals surface area contributed by atoms with Crippen molar-refractivity contribution in [1.29, 1.82) is 0 Å². The van der Waals surface area contributed by atoms with E-state index in [0.717, 1.165) is 19.3 Å². The van der Waals surface area contributed by atoms with Gasteiger partial charge in [-0.05, 0) is 47.0 Å². The number of morpholine rings is 1. The van der Waals surface area contributed by atoms with Crippen LogP contribution >= 0.6 is 15.9 Å². The number of phenols is 1. The molecule has 2 unspecified atom stereocenters. The van der Waals surface area contributed by atoms with Crippen molar-refractivity contribution in [3.63, 3.8) is 0 Å². The molecule has 1 aliphatic heterocycles. The highest BCUT2D eigenvalue weighted by molar-refractivity contribution is 9.10. The standard InChI is InChI=1S/C15H18BrNO3/c16-11-6-5-10(9-13(11)18)15(19)17-7-8-20-14-4-2-1-3-12(14)17/h5-6,9,12,14,18H,1-4,7-8H2. The minimum atomic E-state index is -0.00648. The van der Waals surface area contributed by atoms with Gasteiger partial charge in [0.15, 0.2) is 0 Å². The van der Waals surface area contributed by atoms with Crippen molar-refractivity contribution in [3.8, 4) is 5.75 Å². The Kier molecular flexibility index (Phi) is 3.98. The van der Waals surface area contributed by atoms with Crippen molar-refractivity contribution in [2.45, 2.75) is 37.8 Å². The van der Waals surface area contributed by atoms with E-state index in [9.17, 15) is 9.90 Å². The third kappa shape index (κ3) is 2.56. The summed E-state index contributed by atoms with van der Waals surface area (Å²) < 4.78 is 6.39. The summed E-state index contributed by atoms with van der Waals surface area (Å²) in [6.45, 7) is 1.24. The number of rotatable bonds is 1. The molecule has 4 nitrogen and oxygen atoms in total. The maximum atomic E-state index is 12.7. The van der Waals surface area contributed by atoms with Gasteiger partial charge in [0.25, 0.3) is 5.91 Å². The molecule has 2 aliphatic rings. The number of phenolic OH excluding ortho intramolecular Hbond substituents is 1. The fraction of sp³-hybridized carbons (Fsp3) is 0.533. The first-order valence-electron chi connectivity index (χ1n) is 7.08. The molecule has 1 aliphatic carbocycles. The van der Waals surface area contributed by atoms with E-state index in [0.29, 0.717) is 23.2 Å². The van der Waals surface area contributed by atoms with Crippen LogP contribution in [0.5, 0.6) is 5.75 Å². The Labute approximate surface area is 126 Å². The smallest absolute Gasteiger partial charge is 0.254 e. The monoisotopic (exact) mass is 339 g/mol. The van der Waals surface area contributed by atoms with E-state index in [1.54, 1.807) is 12.1 Å². The van der Waals surface area contributed by atoms with Gasteiger partial charge in [-0.3, -0.25) is 4.79 Å². The van der Waals surface area contributed by atoms with Crippen LogP contribution in [-0.2, 0) is 4.74 Å². The minimum absolute atomic E-state index is 0.00648. The topological polar surface area (TPSA) is 49.8 Å². The maximum absolute atomic E-state index is 12.7. The van der Waals surface area contributed by atoms with Gasteiger partial charge >= 0.3 is 0 Å². The zero-order chi connectivity index (χ0) is 14.1. The van der Waals surface area contributed by atoms with Crippen LogP contribution in [0.4, 0.5) is 0 Å². The number of nitrogens with zero attached hydrogens (tertiary/aromatic N) is 1. The van der Waals surface area contributed by atoms with Crippen LogP contribution in [-0.4, -0.2) is 41.2 Å². The van der Waals surface area contributed by atoms with Crippen molar-refractivity contribution in [3.05, 3.63) is 28.2 Å². The molecule has 1 saturated heterocycles. The number of carbonyl (C=O) groups is 1. The van der Waals surface area contributed by atoms with E-state index >= 15 is 0 Å². The highest BCUT2D eigenvalue weighted by Gasteiger charge is 2.36. The molecular weight excluding hydrogens is 322 g/mol. The zero-order valence-electron chi connectivity index (χ0n) is 11.2. The number of halogens is 1. The SMILES string of the molecule is O=C(c1ccc(Br)c(O)c1)N1CCOC2CCCCC21. The predicted octanol–water partition coefficient (Wildman–Crippen LogP) is 2.94. The molecule has 0 radical (unpaired) electrons. The first kappa shape index (κ1) is 13.9. The molecule has 1 N–H and O–H groups in total. The predicted molar refractivity (Wildman–Crippen MR) is 78.8 cm³/mol. The van der Waals surface area contributed by atoms with E-state index in [4.69, 9.17) is 4.74 Å². The Morgan fingerprint density at radius 3 is 2.95 bits per heavy atom. The first-order valence-corrected chi connectivity index (χ1v) is 7.87. The lowest BCUT2D eigenvalue weighted by Gasteiger charge is -2.43. The summed E-state index contributed by atoms with van der Waals surface area (Å²) in [5.41, 5.74) is 0.539. The Morgan fingerprint density at radius 1 is 1.35 bits per heavy atom. The van der Waals surface area contributed by atoms with E-state index < -0.39 is 0 Å². The first-order chi connectivity index (χ1) is 9.66. The molecular formula is C15H18BrNO3. The van der Waals surface area contributed by atoms with Gasteiger partial charge in [0.1, 0.15) is 5.75 Å². The summed E-state index contributed by atoms with van der Waals surface area (Å²) in [5.74, 6) is 0.0947. The summed E-state index contributed by atoms with van der Waals surface area (Å²) in [5, 5.41) is 9.74. The minimum Gasteiger partial charge on any atom is -0.507 e. The van der Waals surface area contributed by atoms with Gasteiger partial charge in [-0.25, -0.2) is 0 Å². The van der Waals surface area contributed by atoms with Crippen molar-refractivity contribution in [2.75, 3.05) is 13.2 Å². The number of benzene rings is 1. The van der Waals surface area contributed by atoms with E-state index in [1.807, 2.05) is 4.90 Å².